The third-order valence-electron chi connectivity index (χ3n) is 6.57. The number of halogens is 1. The van der Waals surface area contributed by atoms with Gasteiger partial charge in [-0.15, -0.1) is 0 Å². The van der Waals surface area contributed by atoms with Crippen LogP contribution in [-0.4, -0.2) is 30.0 Å². The largest absolute Gasteiger partial charge is 0.488 e. The second-order valence-electron chi connectivity index (χ2n) is 9.46. The Balaban J connectivity index is 1.45. The fourth-order valence-electron chi connectivity index (χ4n) is 4.41. The van der Waals surface area contributed by atoms with Crippen molar-refractivity contribution >= 4 is 45.4 Å². The van der Waals surface area contributed by atoms with Crippen molar-refractivity contribution in [3.63, 3.8) is 0 Å². The number of ether oxygens (including phenoxy) is 1. The van der Waals surface area contributed by atoms with Gasteiger partial charge in [0.25, 0.3) is 5.56 Å². The summed E-state index contributed by atoms with van der Waals surface area (Å²) in [5, 5.41) is 6.61. The first kappa shape index (κ1) is 25.4. The van der Waals surface area contributed by atoms with Crippen LogP contribution >= 0.6 is 11.6 Å². The molecule has 0 N–H and O–H groups in total. The van der Waals surface area contributed by atoms with Crippen molar-refractivity contribution in [3.05, 3.63) is 124 Å². The average Bonchev–Trinajstić information content (AvgIpc) is 3.41. The van der Waals surface area contributed by atoms with Gasteiger partial charge in [0.1, 0.15) is 17.9 Å². The summed E-state index contributed by atoms with van der Waals surface area (Å²) >= 11 is 6.35. The van der Waals surface area contributed by atoms with E-state index in [2.05, 4.69) is 5.10 Å². The minimum Gasteiger partial charge on any atom is -0.488 e. The van der Waals surface area contributed by atoms with Crippen LogP contribution in [-0.2, 0) is 6.61 Å². The van der Waals surface area contributed by atoms with E-state index >= 15 is 0 Å². The molecule has 2 aromatic heterocycles. The smallest absolute Gasteiger partial charge is 0.282 e. The Bertz CT molecular complexity index is 1910. The number of hydrogen-bond acceptors (Lipinski definition) is 6. The second-order valence-corrected chi connectivity index (χ2v) is 9.87. The number of anilines is 1. The number of hydrogen-bond donors (Lipinski definition) is 0. The van der Waals surface area contributed by atoms with Gasteiger partial charge in [-0.25, -0.2) is 4.98 Å². The van der Waals surface area contributed by atoms with E-state index in [1.807, 2.05) is 97.9 Å². The van der Waals surface area contributed by atoms with Gasteiger partial charge < -0.3 is 14.1 Å². The van der Waals surface area contributed by atoms with Gasteiger partial charge in [-0.3, -0.25) is 4.79 Å². The van der Waals surface area contributed by atoms with Crippen molar-refractivity contribution in [3.8, 4) is 17.3 Å². The molecule has 0 aliphatic heterocycles. The number of rotatable bonds is 7. The number of benzene rings is 4. The molecule has 40 heavy (non-hydrogen) atoms. The predicted molar refractivity (Wildman–Crippen MR) is 161 cm³/mol. The minimum atomic E-state index is -0.305. The summed E-state index contributed by atoms with van der Waals surface area (Å²) in [6.07, 6.45) is 1.60. The van der Waals surface area contributed by atoms with Crippen LogP contribution < -0.4 is 15.2 Å². The molecule has 0 amide bonds. The van der Waals surface area contributed by atoms with Crippen LogP contribution in [0.1, 0.15) is 11.1 Å². The van der Waals surface area contributed by atoms with E-state index in [4.69, 9.17) is 25.7 Å². The van der Waals surface area contributed by atoms with E-state index in [9.17, 15) is 4.79 Å². The zero-order valence-electron chi connectivity index (χ0n) is 21.9. The Hall–Kier alpha value is -4.88. The zero-order chi connectivity index (χ0) is 27.6. The lowest BCUT2D eigenvalue weighted by Crippen LogP contribution is -2.20. The molecule has 7 nitrogen and oxygen atoms in total. The van der Waals surface area contributed by atoms with Crippen molar-refractivity contribution in [2.45, 2.75) is 6.61 Å². The standard InChI is InChI=1S/C32H25ClN4O3/c1-36(2)24-16-15-22(29(18-24)39-20-23-10-3-6-12-26(23)33)19-34-37-31(30-17-21-9-4-8-14-28(21)40-30)35-27-13-7-5-11-25(27)32(37)38/h3-19H,20H2,1-2H3. The lowest BCUT2D eigenvalue weighted by atomic mass is 10.2. The van der Waals surface area contributed by atoms with Crippen LogP contribution in [0.15, 0.2) is 111 Å². The molecule has 0 radical (unpaired) electrons. The molecule has 0 aliphatic rings. The lowest BCUT2D eigenvalue weighted by molar-refractivity contribution is 0.306. The number of aromatic nitrogens is 2. The highest BCUT2D eigenvalue weighted by molar-refractivity contribution is 6.31. The van der Waals surface area contributed by atoms with Gasteiger partial charge >= 0.3 is 0 Å². The topological polar surface area (TPSA) is 72.9 Å². The van der Waals surface area contributed by atoms with Crippen LogP contribution in [0.4, 0.5) is 5.69 Å². The van der Waals surface area contributed by atoms with Crippen LogP contribution in [0.3, 0.4) is 0 Å². The van der Waals surface area contributed by atoms with E-state index in [1.165, 1.54) is 4.68 Å². The van der Waals surface area contributed by atoms with E-state index in [1.54, 1.807) is 24.4 Å². The van der Waals surface area contributed by atoms with Gasteiger partial charge in [0.2, 0.25) is 5.82 Å². The fourth-order valence-corrected chi connectivity index (χ4v) is 4.60. The third kappa shape index (κ3) is 4.95. The summed E-state index contributed by atoms with van der Waals surface area (Å²) in [5.74, 6) is 1.35. The quantitative estimate of drug-likeness (QED) is 0.201. The highest BCUT2D eigenvalue weighted by atomic mass is 35.5. The zero-order valence-corrected chi connectivity index (χ0v) is 22.7. The maximum absolute atomic E-state index is 13.7. The number of nitrogens with zero attached hydrogens (tertiary/aromatic N) is 4. The Morgan fingerprint density at radius 2 is 1.75 bits per heavy atom. The predicted octanol–water partition coefficient (Wildman–Crippen LogP) is 6.99. The first-order valence-corrected chi connectivity index (χ1v) is 13.1. The summed E-state index contributed by atoms with van der Waals surface area (Å²) < 4.78 is 13.6. The molecule has 0 saturated carbocycles. The Morgan fingerprint density at radius 1 is 0.975 bits per heavy atom. The van der Waals surface area contributed by atoms with Crippen molar-refractivity contribution in [2.24, 2.45) is 5.10 Å². The molecule has 8 heteroatoms. The maximum atomic E-state index is 13.7. The Labute approximate surface area is 235 Å². The molecule has 4 aromatic carbocycles. The molecule has 6 aromatic rings. The summed E-state index contributed by atoms with van der Waals surface area (Å²) in [6, 6.07) is 30.1. The van der Waals surface area contributed by atoms with Crippen molar-refractivity contribution in [2.75, 3.05) is 19.0 Å². The maximum Gasteiger partial charge on any atom is 0.282 e. The monoisotopic (exact) mass is 548 g/mol. The molecule has 0 fully saturated rings. The van der Waals surface area contributed by atoms with Gasteiger partial charge in [-0.2, -0.15) is 9.78 Å². The molecule has 0 atom stereocenters. The molecule has 2 heterocycles. The molecule has 0 unspecified atom stereocenters. The Morgan fingerprint density at radius 3 is 2.58 bits per heavy atom. The Kier molecular flexibility index (Phi) is 6.80. The normalized spacial score (nSPS) is 11.5. The number of para-hydroxylation sites is 2. The second kappa shape index (κ2) is 10.7. The third-order valence-corrected chi connectivity index (χ3v) is 6.94. The summed E-state index contributed by atoms with van der Waals surface area (Å²) in [4.78, 5) is 20.4. The van der Waals surface area contributed by atoms with Crippen molar-refractivity contribution in [1.82, 2.24) is 9.66 Å². The number of fused-ring (bicyclic) bond motifs is 2. The summed E-state index contributed by atoms with van der Waals surface area (Å²) in [6.45, 7) is 0.277. The van der Waals surface area contributed by atoms with Gasteiger partial charge in [0, 0.05) is 47.4 Å². The van der Waals surface area contributed by atoms with E-state index in [0.29, 0.717) is 44.4 Å². The molecular formula is C32H25ClN4O3. The van der Waals surface area contributed by atoms with Crippen molar-refractivity contribution < 1.29 is 9.15 Å². The lowest BCUT2D eigenvalue weighted by Gasteiger charge is -2.16. The van der Waals surface area contributed by atoms with Crippen LogP contribution in [0.2, 0.25) is 5.02 Å². The first-order chi connectivity index (χ1) is 19.5. The molecule has 0 spiro atoms. The van der Waals surface area contributed by atoms with E-state index in [-0.39, 0.29) is 12.2 Å². The van der Waals surface area contributed by atoms with Crippen LogP contribution in [0.5, 0.6) is 5.75 Å². The highest BCUT2D eigenvalue weighted by Crippen LogP contribution is 2.28. The summed E-state index contributed by atoms with van der Waals surface area (Å²) in [7, 11) is 3.92. The molecular weight excluding hydrogens is 524 g/mol. The highest BCUT2D eigenvalue weighted by Gasteiger charge is 2.17. The number of furan rings is 1. The first-order valence-electron chi connectivity index (χ1n) is 12.7. The summed E-state index contributed by atoms with van der Waals surface area (Å²) in [5.41, 5.74) is 3.47. The van der Waals surface area contributed by atoms with Crippen molar-refractivity contribution in [1.29, 1.82) is 0 Å². The molecule has 0 saturated heterocycles. The molecule has 198 valence electrons. The molecule has 6 rings (SSSR count). The SMILES string of the molecule is CN(C)c1ccc(C=Nn2c(-c3cc4ccccc4o3)nc3ccccc3c2=O)c(OCc2ccccc2Cl)c1. The van der Waals surface area contributed by atoms with Gasteiger partial charge in [-0.1, -0.05) is 60.1 Å². The van der Waals surface area contributed by atoms with Crippen LogP contribution in [0.25, 0.3) is 33.5 Å². The van der Waals surface area contributed by atoms with Gasteiger partial charge in [0.05, 0.1) is 17.1 Å². The van der Waals surface area contributed by atoms with Gasteiger partial charge in [-0.05, 0) is 42.5 Å². The average molecular weight is 549 g/mol. The van der Waals surface area contributed by atoms with E-state index < -0.39 is 0 Å². The van der Waals surface area contributed by atoms with Gasteiger partial charge in [0.15, 0.2) is 5.76 Å². The molecule has 0 bridgehead atoms. The van der Waals surface area contributed by atoms with E-state index in [0.717, 1.165) is 16.6 Å². The van der Waals surface area contributed by atoms with Crippen LogP contribution in [0, 0.1) is 0 Å². The fraction of sp³-hybridized carbons (Fsp3) is 0.0938. The minimum absolute atomic E-state index is 0.277. The molecule has 0 aliphatic carbocycles.